The van der Waals surface area contributed by atoms with Gasteiger partial charge >= 0.3 is 0 Å². The van der Waals surface area contributed by atoms with Gasteiger partial charge in [0.2, 0.25) is 0 Å². The number of thiazole rings is 1. The molecule has 0 aliphatic heterocycles. The lowest BCUT2D eigenvalue weighted by Gasteiger charge is -2.16. The Morgan fingerprint density at radius 3 is 2.62 bits per heavy atom. The average molecular weight is 326 g/mol. The number of aromatic nitrogens is 2. The first-order chi connectivity index (χ1) is 9.95. The summed E-state index contributed by atoms with van der Waals surface area (Å²) in [4.78, 5) is 9.13. The van der Waals surface area contributed by atoms with Crippen molar-refractivity contribution in [2.24, 2.45) is 0 Å². The lowest BCUT2D eigenvalue weighted by molar-refractivity contribution is 0.465. The van der Waals surface area contributed by atoms with E-state index in [0.717, 1.165) is 16.1 Å². The van der Waals surface area contributed by atoms with Crippen LogP contribution in [0.15, 0.2) is 28.9 Å². The van der Waals surface area contributed by atoms with Gasteiger partial charge in [0.05, 0.1) is 11.2 Å². The molecule has 2 aromatic rings. The molecule has 0 radical (unpaired) electrons. The van der Waals surface area contributed by atoms with E-state index in [1.54, 1.807) is 24.8 Å². The van der Waals surface area contributed by atoms with Crippen molar-refractivity contribution < 1.29 is 8.42 Å². The monoisotopic (exact) mass is 326 g/mol. The molecule has 0 atom stereocenters. The van der Waals surface area contributed by atoms with Crippen molar-refractivity contribution in [3.8, 4) is 0 Å². The number of hydrogen-bond donors (Lipinski definition) is 1. The molecule has 0 spiro atoms. The summed E-state index contributed by atoms with van der Waals surface area (Å²) in [6.45, 7) is 2.83. The minimum Gasteiger partial charge on any atom is -0.316 e. The summed E-state index contributed by atoms with van der Waals surface area (Å²) < 4.78 is 26.2. The summed E-state index contributed by atoms with van der Waals surface area (Å²) in [7, 11) is -0.200. The molecule has 0 fully saturated rings. The molecule has 21 heavy (non-hydrogen) atoms. The van der Waals surface area contributed by atoms with Gasteiger partial charge in [-0.05, 0) is 25.6 Å². The molecular weight excluding hydrogens is 308 g/mol. The molecule has 6 nitrogen and oxygen atoms in total. The maximum absolute atomic E-state index is 12.5. The molecule has 1 N–H and O–H groups in total. The molecule has 8 heteroatoms. The van der Waals surface area contributed by atoms with Crippen LogP contribution in [0.25, 0.3) is 0 Å². The van der Waals surface area contributed by atoms with Gasteiger partial charge < -0.3 is 5.32 Å². The molecule has 0 saturated heterocycles. The third-order valence-corrected chi connectivity index (χ3v) is 5.70. The average Bonchev–Trinajstić information content (AvgIpc) is 2.85. The van der Waals surface area contributed by atoms with Crippen LogP contribution in [-0.2, 0) is 23.1 Å². The van der Waals surface area contributed by atoms with E-state index >= 15 is 0 Å². The SMILES string of the molecule is CNCc1ccc(S(=O)(=O)N(C)Cc2scnc2C)nc1. The number of nitrogens with one attached hydrogen (secondary N) is 1. The second kappa shape index (κ2) is 6.61. The minimum atomic E-state index is -3.58. The Kier molecular flexibility index (Phi) is 5.04. The van der Waals surface area contributed by atoms with Gasteiger partial charge in [-0.2, -0.15) is 4.31 Å². The number of rotatable bonds is 6. The molecule has 0 unspecified atom stereocenters. The first kappa shape index (κ1) is 16.0. The second-order valence-corrected chi connectivity index (χ2v) is 7.59. The largest absolute Gasteiger partial charge is 0.316 e. The first-order valence-corrected chi connectivity index (χ1v) is 8.72. The van der Waals surface area contributed by atoms with Crippen LogP contribution in [0.2, 0.25) is 0 Å². The fourth-order valence-electron chi connectivity index (χ4n) is 1.80. The smallest absolute Gasteiger partial charge is 0.260 e. The molecule has 0 aliphatic rings. The van der Waals surface area contributed by atoms with Gasteiger partial charge in [0, 0.05) is 31.2 Å². The highest BCUT2D eigenvalue weighted by Crippen LogP contribution is 2.19. The van der Waals surface area contributed by atoms with Gasteiger partial charge in [-0.1, -0.05) is 6.07 Å². The lowest BCUT2D eigenvalue weighted by atomic mass is 10.3. The van der Waals surface area contributed by atoms with Gasteiger partial charge in [0.1, 0.15) is 0 Å². The van der Waals surface area contributed by atoms with E-state index in [1.807, 2.05) is 14.0 Å². The van der Waals surface area contributed by atoms with E-state index in [-0.39, 0.29) is 5.03 Å². The molecule has 0 aliphatic carbocycles. The zero-order valence-corrected chi connectivity index (χ0v) is 13.8. The van der Waals surface area contributed by atoms with Crippen LogP contribution in [-0.4, -0.2) is 36.8 Å². The normalized spacial score (nSPS) is 12.0. The minimum absolute atomic E-state index is 0.0621. The molecule has 0 aromatic carbocycles. The Balaban J connectivity index is 2.18. The Labute approximate surface area is 128 Å². The summed E-state index contributed by atoms with van der Waals surface area (Å²) in [5.41, 5.74) is 3.52. The van der Waals surface area contributed by atoms with Crippen LogP contribution in [0.5, 0.6) is 0 Å². The van der Waals surface area contributed by atoms with Gasteiger partial charge in [-0.25, -0.2) is 18.4 Å². The maximum atomic E-state index is 12.5. The maximum Gasteiger partial charge on any atom is 0.260 e. The highest BCUT2D eigenvalue weighted by molar-refractivity contribution is 7.89. The molecule has 0 bridgehead atoms. The number of sulfonamides is 1. The molecular formula is C13H18N4O2S2. The van der Waals surface area contributed by atoms with Gasteiger partial charge in [0.15, 0.2) is 5.03 Å². The molecule has 114 valence electrons. The summed E-state index contributed by atoms with van der Waals surface area (Å²) in [5.74, 6) is 0. The number of hydrogen-bond acceptors (Lipinski definition) is 6. The quantitative estimate of drug-likeness (QED) is 0.868. The van der Waals surface area contributed by atoms with Crippen molar-refractivity contribution in [3.05, 3.63) is 40.0 Å². The van der Waals surface area contributed by atoms with E-state index in [0.29, 0.717) is 13.1 Å². The van der Waals surface area contributed by atoms with Crippen molar-refractivity contribution in [1.82, 2.24) is 19.6 Å². The zero-order valence-electron chi connectivity index (χ0n) is 12.2. The molecule has 2 heterocycles. The summed E-state index contributed by atoms with van der Waals surface area (Å²) >= 11 is 1.45. The first-order valence-electron chi connectivity index (χ1n) is 6.40. The van der Waals surface area contributed by atoms with Crippen molar-refractivity contribution in [3.63, 3.8) is 0 Å². The van der Waals surface area contributed by atoms with E-state index < -0.39 is 10.0 Å². The van der Waals surface area contributed by atoms with E-state index in [1.165, 1.54) is 21.7 Å². The van der Waals surface area contributed by atoms with Crippen molar-refractivity contribution in [2.75, 3.05) is 14.1 Å². The van der Waals surface area contributed by atoms with E-state index in [9.17, 15) is 8.42 Å². The van der Waals surface area contributed by atoms with E-state index in [4.69, 9.17) is 0 Å². The fourth-order valence-corrected chi connectivity index (χ4v) is 3.75. The fraction of sp³-hybridized carbons (Fsp3) is 0.385. The van der Waals surface area contributed by atoms with Crippen molar-refractivity contribution in [2.45, 2.75) is 25.0 Å². The van der Waals surface area contributed by atoms with Crippen LogP contribution in [0.3, 0.4) is 0 Å². The Hall–Kier alpha value is -1.35. The topological polar surface area (TPSA) is 75.2 Å². The molecule has 0 saturated carbocycles. The predicted octanol–water partition coefficient (Wildman–Crippen LogP) is 1.39. The summed E-state index contributed by atoms with van der Waals surface area (Å²) in [6, 6.07) is 3.31. The van der Waals surface area contributed by atoms with Gasteiger partial charge in [0.25, 0.3) is 10.0 Å². The Morgan fingerprint density at radius 1 is 1.33 bits per heavy atom. The number of pyridine rings is 1. The summed E-state index contributed by atoms with van der Waals surface area (Å²) in [6.07, 6.45) is 1.58. The third-order valence-electron chi connectivity index (χ3n) is 3.06. The Morgan fingerprint density at radius 2 is 2.10 bits per heavy atom. The zero-order chi connectivity index (χ0) is 15.5. The number of aryl methyl sites for hydroxylation is 1. The van der Waals surface area contributed by atoms with Crippen LogP contribution < -0.4 is 5.32 Å². The highest BCUT2D eigenvalue weighted by atomic mass is 32.2. The van der Waals surface area contributed by atoms with Crippen LogP contribution in [0.4, 0.5) is 0 Å². The van der Waals surface area contributed by atoms with Crippen LogP contribution in [0.1, 0.15) is 16.1 Å². The summed E-state index contributed by atoms with van der Waals surface area (Å²) in [5, 5.41) is 3.06. The Bertz CT molecular complexity index is 695. The van der Waals surface area contributed by atoms with Gasteiger partial charge in [-0.3, -0.25) is 0 Å². The third kappa shape index (κ3) is 3.65. The van der Waals surface area contributed by atoms with Crippen LogP contribution in [0, 0.1) is 6.92 Å². The number of nitrogens with zero attached hydrogens (tertiary/aromatic N) is 3. The van der Waals surface area contributed by atoms with Gasteiger partial charge in [-0.15, -0.1) is 11.3 Å². The van der Waals surface area contributed by atoms with Crippen molar-refractivity contribution >= 4 is 21.4 Å². The van der Waals surface area contributed by atoms with E-state index in [2.05, 4.69) is 15.3 Å². The van der Waals surface area contributed by atoms with Crippen LogP contribution >= 0.6 is 11.3 Å². The second-order valence-electron chi connectivity index (χ2n) is 4.66. The van der Waals surface area contributed by atoms with Crippen molar-refractivity contribution in [1.29, 1.82) is 0 Å². The molecule has 2 rings (SSSR count). The standard InChI is InChI=1S/C13H18N4O2S2/c1-10-12(20-9-16-10)8-17(3)21(18,19)13-5-4-11(6-14-2)7-15-13/h4-5,7,9,14H,6,8H2,1-3H3. The predicted molar refractivity (Wildman–Crippen MR) is 82.5 cm³/mol. The lowest BCUT2D eigenvalue weighted by Crippen LogP contribution is -2.27. The molecule has 2 aromatic heterocycles. The molecule has 0 amide bonds. The highest BCUT2D eigenvalue weighted by Gasteiger charge is 2.23.